The van der Waals surface area contributed by atoms with Crippen LogP contribution in [0.15, 0.2) is 41.9 Å². The lowest BCUT2D eigenvalue weighted by molar-refractivity contribution is -0.274. The summed E-state index contributed by atoms with van der Waals surface area (Å²) >= 11 is 1.54. The lowest BCUT2D eigenvalue weighted by Gasteiger charge is -2.36. The first-order valence-electron chi connectivity index (χ1n) is 8.75. The number of halogens is 3. The number of rotatable bonds is 4. The Morgan fingerprint density at radius 3 is 2.46 bits per heavy atom. The Balaban J connectivity index is 1.35. The van der Waals surface area contributed by atoms with Crippen molar-refractivity contribution in [1.82, 2.24) is 9.88 Å². The SMILES string of the molecule is Oc1cc2ncsc2cc1N1CCN(Cc2ccc(OC(F)(F)F)cc2)CC1. The second-order valence-electron chi connectivity index (χ2n) is 6.62. The summed E-state index contributed by atoms with van der Waals surface area (Å²) in [7, 11) is 0. The fraction of sp³-hybridized carbons (Fsp3) is 0.316. The number of hydrogen-bond acceptors (Lipinski definition) is 6. The van der Waals surface area contributed by atoms with E-state index in [1.54, 1.807) is 35.0 Å². The molecule has 4 rings (SSSR count). The maximum Gasteiger partial charge on any atom is 0.573 e. The summed E-state index contributed by atoms with van der Waals surface area (Å²) in [6.45, 7) is 3.75. The van der Waals surface area contributed by atoms with Crippen molar-refractivity contribution in [1.29, 1.82) is 0 Å². The summed E-state index contributed by atoms with van der Waals surface area (Å²) < 4.78 is 41.6. The van der Waals surface area contributed by atoms with E-state index in [1.165, 1.54) is 12.1 Å². The van der Waals surface area contributed by atoms with E-state index >= 15 is 0 Å². The van der Waals surface area contributed by atoms with E-state index < -0.39 is 6.36 Å². The van der Waals surface area contributed by atoms with E-state index in [-0.39, 0.29) is 11.5 Å². The maximum absolute atomic E-state index is 12.2. The molecule has 0 aliphatic carbocycles. The maximum atomic E-state index is 12.2. The number of benzene rings is 2. The molecule has 0 spiro atoms. The summed E-state index contributed by atoms with van der Waals surface area (Å²) in [6, 6.07) is 9.63. The molecule has 28 heavy (non-hydrogen) atoms. The van der Waals surface area contributed by atoms with E-state index in [2.05, 4.69) is 19.5 Å². The molecule has 2 heterocycles. The number of anilines is 1. The van der Waals surface area contributed by atoms with Gasteiger partial charge in [-0.15, -0.1) is 24.5 Å². The van der Waals surface area contributed by atoms with E-state index in [1.807, 2.05) is 6.07 Å². The Labute approximate surface area is 163 Å². The Hall–Kier alpha value is -2.52. The zero-order valence-corrected chi connectivity index (χ0v) is 15.6. The summed E-state index contributed by atoms with van der Waals surface area (Å²) in [5.41, 5.74) is 4.29. The molecule has 1 saturated heterocycles. The number of phenolic OH excluding ortho intramolecular Hbond substituents is 1. The topological polar surface area (TPSA) is 48.8 Å². The normalized spacial score (nSPS) is 15.9. The van der Waals surface area contributed by atoms with Gasteiger partial charge in [0.1, 0.15) is 11.5 Å². The molecule has 148 valence electrons. The van der Waals surface area contributed by atoms with Gasteiger partial charge < -0.3 is 14.7 Å². The summed E-state index contributed by atoms with van der Waals surface area (Å²) in [6.07, 6.45) is -4.68. The minimum atomic E-state index is -4.68. The van der Waals surface area contributed by atoms with Crippen LogP contribution in [0.3, 0.4) is 0 Å². The molecule has 0 saturated carbocycles. The van der Waals surface area contributed by atoms with Crippen LogP contribution in [0.2, 0.25) is 0 Å². The molecular weight excluding hydrogens is 391 g/mol. The molecule has 0 atom stereocenters. The molecule has 1 aliphatic rings. The monoisotopic (exact) mass is 409 g/mol. The third-order valence-electron chi connectivity index (χ3n) is 4.70. The van der Waals surface area contributed by atoms with Crippen molar-refractivity contribution in [2.45, 2.75) is 12.9 Å². The van der Waals surface area contributed by atoms with Gasteiger partial charge in [-0.3, -0.25) is 4.90 Å². The number of phenols is 1. The zero-order valence-electron chi connectivity index (χ0n) is 14.8. The Kier molecular flexibility index (Phi) is 5.03. The number of aromatic hydroxyl groups is 1. The van der Waals surface area contributed by atoms with E-state index in [0.29, 0.717) is 6.54 Å². The predicted octanol–water partition coefficient (Wildman–Crippen LogP) is 4.22. The van der Waals surface area contributed by atoms with Crippen molar-refractivity contribution in [3.05, 3.63) is 47.5 Å². The third-order valence-corrected chi connectivity index (χ3v) is 5.50. The number of alkyl halides is 3. The zero-order chi connectivity index (χ0) is 19.7. The first kappa shape index (κ1) is 18.8. The van der Waals surface area contributed by atoms with Crippen LogP contribution in [0.4, 0.5) is 18.9 Å². The molecule has 5 nitrogen and oxygen atoms in total. The number of nitrogens with zero attached hydrogens (tertiary/aromatic N) is 3. The fourth-order valence-electron chi connectivity index (χ4n) is 3.34. The first-order chi connectivity index (χ1) is 13.4. The lowest BCUT2D eigenvalue weighted by atomic mass is 10.1. The van der Waals surface area contributed by atoms with E-state index in [9.17, 15) is 18.3 Å². The van der Waals surface area contributed by atoms with Gasteiger partial charge in [-0.05, 0) is 23.8 Å². The fourth-order valence-corrected chi connectivity index (χ4v) is 4.03. The van der Waals surface area contributed by atoms with Crippen LogP contribution in [0.5, 0.6) is 11.5 Å². The molecule has 3 aromatic rings. The molecule has 1 N–H and O–H groups in total. The molecule has 1 aromatic heterocycles. The van der Waals surface area contributed by atoms with E-state index in [4.69, 9.17) is 0 Å². The minimum absolute atomic E-state index is 0.213. The molecule has 2 aromatic carbocycles. The number of ether oxygens (including phenoxy) is 1. The van der Waals surface area contributed by atoms with Gasteiger partial charge in [0.15, 0.2) is 0 Å². The quantitative estimate of drug-likeness (QED) is 0.699. The van der Waals surface area contributed by atoms with Crippen LogP contribution in [-0.2, 0) is 6.54 Å². The average molecular weight is 409 g/mol. The number of fused-ring (bicyclic) bond motifs is 1. The predicted molar refractivity (Wildman–Crippen MR) is 102 cm³/mol. The molecular formula is C19H18F3N3O2S. The molecule has 0 unspecified atom stereocenters. The van der Waals surface area contributed by atoms with Crippen LogP contribution < -0.4 is 9.64 Å². The van der Waals surface area contributed by atoms with Gasteiger partial charge >= 0.3 is 6.36 Å². The van der Waals surface area contributed by atoms with Crippen molar-refractivity contribution in [2.75, 3.05) is 31.1 Å². The van der Waals surface area contributed by atoms with Crippen molar-refractivity contribution in [3.8, 4) is 11.5 Å². The average Bonchev–Trinajstić information content (AvgIpc) is 3.09. The largest absolute Gasteiger partial charge is 0.573 e. The van der Waals surface area contributed by atoms with Gasteiger partial charge in [0, 0.05) is 38.8 Å². The lowest BCUT2D eigenvalue weighted by Crippen LogP contribution is -2.46. The molecule has 0 amide bonds. The van der Waals surface area contributed by atoms with Crippen LogP contribution in [0.1, 0.15) is 5.56 Å². The van der Waals surface area contributed by atoms with Crippen LogP contribution in [0.25, 0.3) is 10.2 Å². The highest BCUT2D eigenvalue weighted by molar-refractivity contribution is 7.16. The summed E-state index contributed by atoms with van der Waals surface area (Å²) in [5, 5.41) is 10.3. The smallest absolute Gasteiger partial charge is 0.506 e. The van der Waals surface area contributed by atoms with Crippen molar-refractivity contribution in [2.24, 2.45) is 0 Å². The van der Waals surface area contributed by atoms with Gasteiger partial charge in [0.25, 0.3) is 0 Å². The van der Waals surface area contributed by atoms with Crippen LogP contribution >= 0.6 is 11.3 Å². The van der Waals surface area contributed by atoms with Crippen LogP contribution in [0, 0.1) is 0 Å². The van der Waals surface area contributed by atoms with Crippen molar-refractivity contribution in [3.63, 3.8) is 0 Å². The first-order valence-corrected chi connectivity index (χ1v) is 9.63. The second kappa shape index (κ2) is 7.48. The summed E-state index contributed by atoms with van der Waals surface area (Å²) in [5.74, 6) is 0.0158. The number of hydrogen-bond donors (Lipinski definition) is 1. The van der Waals surface area contributed by atoms with Gasteiger partial charge in [-0.1, -0.05) is 12.1 Å². The molecule has 0 bridgehead atoms. The van der Waals surface area contributed by atoms with Crippen LogP contribution in [-0.4, -0.2) is 47.5 Å². The molecule has 9 heteroatoms. The number of aromatic nitrogens is 1. The standard InChI is InChI=1S/C19H18F3N3O2S/c20-19(21,22)27-14-3-1-13(2-4-14)11-24-5-7-25(8-6-24)16-10-18-15(9-17(16)26)23-12-28-18/h1-4,9-10,12,26H,5-8,11H2. The highest BCUT2D eigenvalue weighted by atomic mass is 32.1. The van der Waals surface area contributed by atoms with Gasteiger partial charge in [-0.2, -0.15) is 0 Å². The molecule has 1 fully saturated rings. The van der Waals surface area contributed by atoms with E-state index in [0.717, 1.165) is 47.6 Å². The third kappa shape index (κ3) is 4.31. The number of piperazine rings is 1. The Morgan fingerprint density at radius 2 is 1.79 bits per heavy atom. The van der Waals surface area contributed by atoms with Gasteiger partial charge in [-0.25, -0.2) is 4.98 Å². The molecule has 0 radical (unpaired) electrons. The van der Waals surface area contributed by atoms with Gasteiger partial charge in [0.2, 0.25) is 0 Å². The van der Waals surface area contributed by atoms with Gasteiger partial charge in [0.05, 0.1) is 21.4 Å². The Morgan fingerprint density at radius 1 is 1.07 bits per heavy atom. The second-order valence-corrected chi connectivity index (χ2v) is 7.50. The summed E-state index contributed by atoms with van der Waals surface area (Å²) in [4.78, 5) is 8.59. The van der Waals surface area contributed by atoms with Crippen molar-refractivity contribution >= 4 is 27.2 Å². The molecule has 1 aliphatic heterocycles. The highest BCUT2D eigenvalue weighted by Crippen LogP contribution is 2.34. The Bertz CT molecular complexity index is 951. The number of thiazole rings is 1. The van der Waals surface area contributed by atoms with Crippen molar-refractivity contribution < 1.29 is 23.0 Å². The highest BCUT2D eigenvalue weighted by Gasteiger charge is 2.31. The minimum Gasteiger partial charge on any atom is -0.506 e.